The molecule has 1 aromatic rings. The first-order valence-corrected chi connectivity index (χ1v) is 8.94. The highest BCUT2D eigenvalue weighted by atomic mass is 35.5. The second kappa shape index (κ2) is 10.5. The van der Waals surface area contributed by atoms with Crippen molar-refractivity contribution in [2.75, 3.05) is 7.11 Å². The SMILES string of the molecule is C\C=C(C#Cc1cnc(Cl)cc1C(C)=O)/C(C)=C\C(C(=O)OC)=C(/C)CC. The van der Waals surface area contributed by atoms with Crippen LogP contribution in [0.3, 0.4) is 0 Å². The number of esters is 1. The van der Waals surface area contributed by atoms with Crippen LogP contribution in [0, 0.1) is 11.8 Å². The van der Waals surface area contributed by atoms with Crippen molar-refractivity contribution in [1.29, 1.82) is 0 Å². The first-order chi connectivity index (χ1) is 12.7. The molecule has 4 nitrogen and oxygen atoms in total. The van der Waals surface area contributed by atoms with E-state index in [1.54, 1.807) is 6.08 Å². The van der Waals surface area contributed by atoms with Crippen molar-refractivity contribution in [3.63, 3.8) is 0 Å². The molecule has 5 heteroatoms. The number of halogens is 1. The Kier molecular flexibility index (Phi) is 8.71. The molecule has 0 saturated heterocycles. The molecule has 0 aliphatic carbocycles. The van der Waals surface area contributed by atoms with Crippen LogP contribution in [0.4, 0.5) is 0 Å². The van der Waals surface area contributed by atoms with Gasteiger partial charge >= 0.3 is 5.97 Å². The topological polar surface area (TPSA) is 56.3 Å². The van der Waals surface area contributed by atoms with Crippen molar-refractivity contribution in [3.8, 4) is 11.8 Å². The molecule has 27 heavy (non-hydrogen) atoms. The maximum atomic E-state index is 12.1. The van der Waals surface area contributed by atoms with E-state index in [0.717, 1.165) is 23.1 Å². The van der Waals surface area contributed by atoms with Gasteiger partial charge in [-0.05, 0) is 51.8 Å². The van der Waals surface area contributed by atoms with E-state index >= 15 is 0 Å². The summed E-state index contributed by atoms with van der Waals surface area (Å²) < 4.78 is 4.88. The fourth-order valence-electron chi connectivity index (χ4n) is 2.30. The number of allylic oxidation sites excluding steroid dienone is 4. The van der Waals surface area contributed by atoms with Crippen molar-refractivity contribution in [3.05, 3.63) is 63.0 Å². The number of Topliss-reactive ketones (excluding diaryl/α,β-unsaturated/α-hetero) is 1. The molecule has 142 valence electrons. The minimum atomic E-state index is -0.377. The van der Waals surface area contributed by atoms with Crippen molar-refractivity contribution >= 4 is 23.4 Å². The van der Waals surface area contributed by atoms with E-state index in [9.17, 15) is 9.59 Å². The van der Waals surface area contributed by atoms with Crippen molar-refractivity contribution in [1.82, 2.24) is 4.98 Å². The van der Waals surface area contributed by atoms with Gasteiger partial charge in [-0.25, -0.2) is 9.78 Å². The highest BCUT2D eigenvalue weighted by molar-refractivity contribution is 6.29. The summed E-state index contributed by atoms with van der Waals surface area (Å²) in [6.45, 7) is 9.08. The first kappa shape index (κ1) is 22.4. The number of rotatable bonds is 5. The third kappa shape index (κ3) is 6.23. The van der Waals surface area contributed by atoms with Gasteiger partial charge in [0, 0.05) is 17.3 Å². The van der Waals surface area contributed by atoms with E-state index in [1.807, 2.05) is 33.8 Å². The van der Waals surface area contributed by atoms with E-state index in [-0.39, 0.29) is 16.9 Å². The van der Waals surface area contributed by atoms with Crippen molar-refractivity contribution in [2.45, 2.75) is 41.0 Å². The fraction of sp³-hybridized carbons (Fsp3) is 0.318. The summed E-state index contributed by atoms with van der Waals surface area (Å²) in [4.78, 5) is 27.8. The van der Waals surface area contributed by atoms with Gasteiger partial charge in [-0.15, -0.1) is 0 Å². The van der Waals surface area contributed by atoms with E-state index in [4.69, 9.17) is 16.3 Å². The Morgan fingerprint density at radius 2 is 1.96 bits per heavy atom. The van der Waals surface area contributed by atoms with E-state index in [2.05, 4.69) is 16.8 Å². The Balaban J connectivity index is 3.35. The first-order valence-electron chi connectivity index (χ1n) is 8.56. The largest absolute Gasteiger partial charge is 0.465 e. The number of ketones is 1. The summed E-state index contributed by atoms with van der Waals surface area (Å²) in [7, 11) is 1.36. The molecule has 0 radical (unpaired) electrons. The second-order valence-corrected chi connectivity index (χ2v) is 6.31. The summed E-state index contributed by atoms with van der Waals surface area (Å²) in [5, 5.41) is 0.246. The minimum Gasteiger partial charge on any atom is -0.465 e. The van der Waals surface area contributed by atoms with Crippen LogP contribution in [0.25, 0.3) is 0 Å². The molecule has 0 bridgehead atoms. The Morgan fingerprint density at radius 3 is 2.48 bits per heavy atom. The van der Waals surface area contributed by atoms with Crippen molar-refractivity contribution in [2.24, 2.45) is 0 Å². The molecule has 0 aromatic carbocycles. The molecule has 0 atom stereocenters. The molecular weight excluding hydrogens is 362 g/mol. The summed E-state index contributed by atoms with van der Waals surface area (Å²) in [5.41, 5.74) is 3.96. The Labute approximate surface area is 166 Å². The van der Waals surface area contributed by atoms with Crippen molar-refractivity contribution < 1.29 is 14.3 Å². The Morgan fingerprint density at radius 1 is 1.30 bits per heavy atom. The molecule has 0 unspecified atom stereocenters. The van der Waals surface area contributed by atoms with Gasteiger partial charge in [0.1, 0.15) is 5.15 Å². The van der Waals surface area contributed by atoms with E-state index < -0.39 is 0 Å². The molecule has 1 rings (SSSR count). The number of hydrogen-bond acceptors (Lipinski definition) is 4. The number of hydrogen-bond donors (Lipinski definition) is 0. The smallest absolute Gasteiger partial charge is 0.337 e. The van der Waals surface area contributed by atoms with Crippen LogP contribution in [0.15, 0.2) is 46.7 Å². The van der Waals surface area contributed by atoms with Crippen LogP contribution in [0.2, 0.25) is 5.15 Å². The van der Waals surface area contributed by atoms with Gasteiger partial charge in [0.2, 0.25) is 0 Å². The number of carbonyl (C=O) groups is 2. The lowest BCUT2D eigenvalue weighted by Crippen LogP contribution is -2.06. The summed E-state index contributed by atoms with van der Waals surface area (Å²) in [6, 6.07) is 1.51. The minimum absolute atomic E-state index is 0.132. The maximum Gasteiger partial charge on any atom is 0.337 e. The van der Waals surface area contributed by atoms with Crippen LogP contribution < -0.4 is 0 Å². The van der Waals surface area contributed by atoms with Crippen LogP contribution in [-0.4, -0.2) is 23.8 Å². The summed E-state index contributed by atoms with van der Waals surface area (Å²) in [6.07, 6.45) is 5.86. The Hall–Kier alpha value is -2.64. The van der Waals surface area contributed by atoms with Gasteiger partial charge in [-0.2, -0.15) is 0 Å². The molecule has 0 aliphatic rings. The van der Waals surface area contributed by atoms with E-state index in [1.165, 1.54) is 26.3 Å². The van der Waals surface area contributed by atoms with Gasteiger partial charge < -0.3 is 4.74 Å². The lowest BCUT2D eigenvalue weighted by molar-refractivity contribution is -0.135. The average molecular weight is 386 g/mol. The molecule has 1 heterocycles. The molecule has 0 aliphatic heterocycles. The van der Waals surface area contributed by atoms with Crippen LogP contribution in [0.1, 0.15) is 57.0 Å². The monoisotopic (exact) mass is 385 g/mol. The second-order valence-electron chi connectivity index (χ2n) is 5.93. The molecule has 1 aromatic heterocycles. The van der Waals surface area contributed by atoms with Gasteiger partial charge in [0.15, 0.2) is 5.78 Å². The van der Waals surface area contributed by atoms with Crippen LogP contribution in [-0.2, 0) is 9.53 Å². The number of methoxy groups -OCH3 is 1. The molecule has 0 saturated carbocycles. The lowest BCUT2D eigenvalue weighted by atomic mass is 10.00. The third-order valence-electron chi connectivity index (χ3n) is 4.05. The fourth-order valence-corrected chi connectivity index (χ4v) is 2.46. The molecular formula is C22H24ClNO3. The quantitative estimate of drug-likeness (QED) is 0.177. The standard InChI is InChI=1S/C22H24ClNO3/c1-7-14(3)19(22(26)27-6)11-15(4)17(8-2)9-10-18-13-24-21(23)12-20(18)16(5)25/h8,11-13H,7H2,1-6H3/b15-11-,17-8-,19-14-. The molecule has 0 spiro atoms. The van der Waals surface area contributed by atoms with E-state index in [0.29, 0.717) is 16.7 Å². The molecule has 0 fully saturated rings. The highest BCUT2D eigenvalue weighted by Crippen LogP contribution is 2.18. The van der Waals surface area contributed by atoms with Gasteiger partial charge in [-0.3, -0.25) is 4.79 Å². The zero-order valence-electron chi connectivity index (χ0n) is 16.6. The zero-order chi connectivity index (χ0) is 20.6. The average Bonchev–Trinajstić information content (AvgIpc) is 2.65. The van der Waals surface area contributed by atoms with Gasteiger partial charge in [0.05, 0.1) is 18.2 Å². The van der Waals surface area contributed by atoms with Gasteiger partial charge in [0.25, 0.3) is 0 Å². The number of nitrogens with zero attached hydrogens (tertiary/aromatic N) is 1. The summed E-state index contributed by atoms with van der Waals surface area (Å²) in [5.74, 6) is 5.52. The predicted octanol–water partition coefficient (Wildman–Crippen LogP) is 5.08. The number of aromatic nitrogens is 1. The van der Waals surface area contributed by atoms with Gasteiger partial charge in [-0.1, -0.05) is 42.0 Å². The number of ether oxygens (including phenoxy) is 1. The highest BCUT2D eigenvalue weighted by Gasteiger charge is 2.11. The normalized spacial score (nSPS) is 12.7. The predicted molar refractivity (Wildman–Crippen MR) is 109 cm³/mol. The zero-order valence-corrected chi connectivity index (χ0v) is 17.3. The Bertz CT molecular complexity index is 896. The third-order valence-corrected chi connectivity index (χ3v) is 4.26. The molecule has 0 N–H and O–H groups in total. The van der Waals surface area contributed by atoms with Crippen LogP contribution >= 0.6 is 11.6 Å². The number of pyridine rings is 1. The lowest BCUT2D eigenvalue weighted by Gasteiger charge is -2.07. The summed E-state index contributed by atoms with van der Waals surface area (Å²) >= 11 is 5.86. The number of carbonyl (C=O) groups excluding carboxylic acids is 2. The maximum absolute atomic E-state index is 12.1. The molecule has 0 amide bonds. The van der Waals surface area contributed by atoms with Crippen LogP contribution in [0.5, 0.6) is 0 Å².